The topological polar surface area (TPSA) is 98.7 Å². The second kappa shape index (κ2) is 8.06. The van der Waals surface area contributed by atoms with Crippen molar-refractivity contribution in [3.63, 3.8) is 0 Å². The van der Waals surface area contributed by atoms with Crippen LogP contribution in [0.2, 0.25) is 0 Å². The van der Waals surface area contributed by atoms with Gasteiger partial charge in [0.05, 0.1) is 5.92 Å². The van der Waals surface area contributed by atoms with Crippen molar-refractivity contribution < 1.29 is 19.5 Å². The van der Waals surface area contributed by atoms with E-state index in [0.717, 1.165) is 12.8 Å². The predicted molar refractivity (Wildman–Crippen MR) is 94.1 cm³/mol. The fourth-order valence-corrected chi connectivity index (χ4v) is 3.43. The number of hydrogen-bond acceptors (Lipinski definition) is 3. The lowest BCUT2D eigenvalue weighted by atomic mass is 9.86. The van der Waals surface area contributed by atoms with E-state index in [1.165, 1.54) is 0 Å². The molecule has 2 fully saturated rings. The molecule has 0 spiro atoms. The molecule has 1 saturated carbocycles. The van der Waals surface area contributed by atoms with Crippen molar-refractivity contribution in [1.82, 2.24) is 15.5 Å². The summed E-state index contributed by atoms with van der Waals surface area (Å²) in [4.78, 5) is 37.4. The molecule has 0 aromatic carbocycles. The van der Waals surface area contributed by atoms with Gasteiger partial charge in [-0.25, -0.2) is 4.79 Å². The number of aliphatic carboxylic acids is 1. The average molecular weight is 353 g/mol. The lowest BCUT2D eigenvalue weighted by Gasteiger charge is -2.36. The van der Waals surface area contributed by atoms with E-state index in [4.69, 9.17) is 5.11 Å². The summed E-state index contributed by atoms with van der Waals surface area (Å²) in [5.41, 5.74) is -0.437. The number of rotatable bonds is 3. The third kappa shape index (κ3) is 5.61. The van der Waals surface area contributed by atoms with Crippen LogP contribution in [0.25, 0.3) is 0 Å². The molecule has 0 aromatic rings. The minimum atomic E-state index is -0.738. The van der Waals surface area contributed by atoms with E-state index in [-0.39, 0.29) is 29.9 Å². The molecule has 7 nitrogen and oxygen atoms in total. The van der Waals surface area contributed by atoms with Crippen LogP contribution >= 0.6 is 0 Å². The summed E-state index contributed by atoms with van der Waals surface area (Å²) in [5.74, 6) is -1.01. The van der Waals surface area contributed by atoms with Crippen LogP contribution in [0.3, 0.4) is 0 Å². The Kier molecular flexibility index (Phi) is 6.30. The van der Waals surface area contributed by atoms with Crippen molar-refractivity contribution in [2.24, 2.45) is 11.3 Å². The Morgan fingerprint density at radius 1 is 0.960 bits per heavy atom. The van der Waals surface area contributed by atoms with Gasteiger partial charge < -0.3 is 20.6 Å². The number of piperidine rings is 1. The van der Waals surface area contributed by atoms with E-state index in [9.17, 15) is 14.4 Å². The van der Waals surface area contributed by atoms with Crippen LogP contribution in [0.5, 0.6) is 0 Å². The third-order valence-corrected chi connectivity index (χ3v) is 5.13. The zero-order valence-corrected chi connectivity index (χ0v) is 15.5. The normalized spacial score (nSPS) is 27.5. The van der Waals surface area contributed by atoms with Gasteiger partial charge in [0.25, 0.3) is 0 Å². The Morgan fingerprint density at radius 2 is 1.60 bits per heavy atom. The van der Waals surface area contributed by atoms with Crippen molar-refractivity contribution in [3.8, 4) is 0 Å². The lowest BCUT2D eigenvalue weighted by molar-refractivity contribution is -0.142. The summed E-state index contributed by atoms with van der Waals surface area (Å²) in [6.07, 6.45) is 4.40. The molecule has 3 amide bonds. The fraction of sp³-hybridized carbons (Fsp3) is 0.833. The van der Waals surface area contributed by atoms with Crippen molar-refractivity contribution in [2.45, 2.75) is 71.4 Å². The van der Waals surface area contributed by atoms with Gasteiger partial charge in [-0.05, 0) is 38.5 Å². The Bertz CT molecular complexity index is 507. The highest BCUT2D eigenvalue weighted by Crippen LogP contribution is 2.24. The molecular formula is C18H31N3O4. The van der Waals surface area contributed by atoms with E-state index in [2.05, 4.69) is 10.6 Å². The first kappa shape index (κ1) is 19.5. The van der Waals surface area contributed by atoms with Gasteiger partial charge in [0, 0.05) is 30.6 Å². The van der Waals surface area contributed by atoms with Crippen LogP contribution in [0.4, 0.5) is 4.79 Å². The number of carbonyl (C=O) groups is 3. The number of urea groups is 1. The molecule has 0 radical (unpaired) electrons. The van der Waals surface area contributed by atoms with E-state index < -0.39 is 11.4 Å². The maximum Gasteiger partial charge on any atom is 0.317 e. The van der Waals surface area contributed by atoms with Gasteiger partial charge in [-0.3, -0.25) is 9.59 Å². The molecule has 2 rings (SSSR count). The van der Waals surface area contributed by atoms with Crippen molar-refractivity contribution in [3.05, 3.63) is 0 Å². The molecule has 1 heterocycles. The second-order valence-corrected chi connectivity index (χ2v) is 8.34. The number of nitrogens with zero attached hydrogens (tertiary/aromatic N) is 1. The van der Waals surface area contributed by atoms with Gasteiger partial charge in [0.2, 0.25) is 5.91 Å². The highest BCUT2D eigenvalue weighted by Gasteiger charge is 2.31. The van der Waals surface area contributed by atoms with Crippen LogP contribution in [-0.4, -0.2) is 53.1 Å². The molecule has 2 aliphatic rings. The number of carboxylic acid groups (broad SMARTS) is 1. The van der Waals surface area contributed by atoms with Crippen LogP contribution in [0, 0.1) is 11.3 Å². The Hall–Kier alpha value is -1.79. The first-order valence-corrected chi connectivity index (χ1v) is 9.26. The smallest absolute Gasteiger partial charge is 0.317 e. The molecule has 25 heavy (non-hydrogen) atoms. The van der Waals surface area contributed by atoms with E-state index >= 15 is 0 Å². The number of carbonyl (C=O) groups excluding carboxylic acids is 2. The summed E-state index contributed by atoms with van der Waals surface area (Å²) in [6, 6.07) is -0.0601. The van der Waals surface area contributed by atoms with E-state index in [1.807, 2.05) is 20.8 Å². The lowest BCUT2D eigenvalue weighted by Crippen LogP contribution is -2.55. The average Bonchev–Trinajstić information content (AvgIpc) is 2.54. The van der Waals surface area contributed by atoms with Crippen LogP contribution in [0.15, 0.2) is 0 Å². The summed E-state index contributed by atoms with van der Waals surface area (Å²) < 4.78 is 0. The quantitative estimate of drug-likeness (QED) is 0.722. The molecule has 1 saturated heterocycles. The number of nitrogens with one attached hydrogen (secondary N) is 2. The second-order valence-electron chi connectivity index (χ2n) is 8.34. The number of carboxylic acids is 1. The van der Waals surface area contributed by atoms with Crippen LogP contribution < -0.4 is 10.6 Å². The summed E-state index contributed by atoms with van der Waals surface area (Å²) >= 11 is 0. The Balaban J connectivity index is 1.80. The molecule has 0 aromatic heterocycles. The van der Waals surface area contributed by atoms with E-state index in [0.29, 0.717) is 38.8 Å². The summed E-state index contributed by atoms with van der Waals surface area (Å²) in [6.45, 7) is 6.85. The van der Waals surface area contributed by atoms with Gasteiger partial charge in [0.1, 0.15) is 0 Å². The number of amides is 3. The zero-order valence-electron chi connectivity index (χ0n) is 15.5. The molecule has 1 unspecified atom stereocenters. The zero-order chi connectivity index (χ0) is 18.6. The fourth-order valence-electron chi connectivity index (χ4n) is 3.43. The SMILES string of the molecule is CC(C)(C)C(=O)NC1CCCN(C(=O)NC2CCC(C(=O)O)CC2)C1. The van der Waals surface area contributed by atoms with Crippen molar-refractivity contribution in [1.29, 1.82) is 0 Å². The molecule has 1 aliphatic carbocycles. The van der Waals surface area contributed by atoms with Crippen LogP contribution in [0.1, 0.15) is 59.3 Å². The predicted octanol–water partition coefficient (Wildman–Crippen LogP) is 1.97. The number of hydrogen-bond donors (Lipinski definition) is 3. The molecule has 7 heteroatoms. The third-order valence-electron chi connectivity index (χ3n) is 5.13. The van der Waals surface area contributed by atoms with Gasteiger partial charge in [-0.1, -0.05) is 20.8 Å². The monoisotopic (exact) mass is 353 g/mol. The van der Waals surface area contributed by atoms with Gasteiger partial charge >= 0.3 is 12.0 Å². The molecule has 142 valence electrons. The summed E-state index contributed by atoms with van der Waals surface area (Å²) in [7, 11) is 0. The minimum Gasteiger partial charge on any atom is -0.481 e. The first-order chi connectivity index (χ1) is 11.7. The highest BCUT2D eigenvalue weighted by atomic mass is 16.4. The molecule has 1 aliphatic heterocycles. The number of likely N-dealkylation sites (tertiary alicyclic amines) is 1. The molecular weight excluding hydrogens is 322 g/mol. The Morgan fingerprint density at radius 3 is 2.16 bits per heavy atom. The maximum atomic E-state index is 12.5. The van der Waals surface area contributed by atoms with E-state index in [1.54, 1.807) is 4.90 Å². The minimum absolute atomic E-state index is 0.00558. The van der Waals surface area contributed by atoms with Crippen molar-refractivity contribution in [2.75, 3.05) is 13.1 Å². The van der Waals surface area contributed by atoms with Gasteiger partial charge in [-0.2, -0.15) is 0 Å². The molecule has 0 bridgehead atoms. The van der Waals surface area contributed by atoms with Crippen LogP contribution in [-0.2, 0) is 9.59 Å². The first-order valence-electron chi connectivity index (χ1n) is 9.26. The summed E-state index contributed by atoms with van der Waals surface area (Å²) in [5, 5.41) is 15.1. The molecule has 1 atom stereocenters. The van der Waals surface area contributed by atoms with Gasteiger partial charge in [0.15, 0.2) is 0 Å². The van der Waals surface area contributed by atoms with Gasteiger partial charge in [-0.15, -0.1) is 0 Å². The highest BCUT2D eigenvalue weighted by molar-refractivity contribution is 5.81. The largest absolute Gasteiger partial charge is 0.481 e. The standard InChI is InChI=1S/C18H31N3O4/c1-18(2,3)16(24)19-14-5-4-10-21(11-14)17(25)20-13-8-6-12(7-9-13)15(22)23/h12-14H,4-11H2,1-3H3,(H,19,24)(H,20,25)(H,22,23). The molecule has 3 N–H and O–H groups in total. The van der Waals surface area contributed by atoms with Crippen molar-refractivity contribution >= 4 is 17.9 Å². The Labute approximate surface area is 149 Å². The maximum absolute atomic E-state index is 12.5.